The fraction of sp³-hybridized carbons (Fsp3) is 0.211. The Labute approximate surface area is 164 Å². The van der Waals surface area contributed by atoms with E-state index in [9.17, 15) is 0 Å². The number of rotatable bonds is 2. The second-order valence-corrected chi connectivity index (χ2v) is 5.62. The van der Waals surface area contributed by atoms with Crippen LogP contribution in [-0.2, 0) is 26.2 Å². The van der Waals surface area contributed by atoms with Gasteiger partial charge in [-0.2, -0.15) is 6.07 Å². The van der Waals surface area contributed by atoms with Crippen LogP contribution < -0.4 is 0 Å². The first-order valence-corrected chi connectivity index (χ1v) is 6.91. The molecule has 0 bridgehead atoms. The van der Waals surface area contributed by atoms with Gasteiger partial charge in [0, 0.05) is 26.2 Å². The van der Waals surface area contributed by atoms with E-state index in [0.29, 0.717) is 5.92 Å². The first-order valence-electron chi connectivity index (χ1n) is 6.91. The van der Waals surface area contributed by atoms with E-state index in [4.69, 9.17) is 0 Å². The molecule has 22 heavy (non-hydrogen) atoms. The van der Waals surface area contributed by atoms with E-state index in [-0.39, 0.29) is 51.0 Å². The Morgan fingerprint density at radius 1 is 0.909 bits per heavy atom. The van der Waals surface area contributed by atoms with E-state index < -0.39 is 0 Å². The summed E-state index contributed by atoms with van der Waals surface area (Å²) in [5.74, 6) is 0.589. The molecular weight excluding hydrogens is 390 g/mol. The van der Waals surface area contributed by atoms with E-state index >= 15 is 0 Å². The Morgan fingerprint density at radius 3 is 2.14 bits per heavy atom. The van der Waals surface area contributed by atoms with Gasteiger partial charge < -0.3 is 0 Å². The number of halogens is 2. The molecule has 0 atom stereocenters. The zero-order valence-corrected chi connectivity index (χ0v) is 17.2. The first-order chi connectivity index (χ1) is 9.15. The van der Waals surface area contributed by atoms with Crippen molar-refractivity contribution in [1.29, 1.82) is 0 Å². The van der Waals surface area contributed by atoms with Crippen molar-refractivity contribution in [3.05, 3.63) is 65.7 Å². The SMILES string of the molecule is Cc1cc2c(-c3ccc(C(C)C)cc3)cccc2[cH-]1.Cl.Cl.[Zr]. The summed E-state index contributed by atoms with van der Waals surface area (Å²) in [6.07, 6.45) is 0. The van der Waals surface area contributed by atoms with Gasteiger partial charge in [-0.1, -0.05) is 56.7 Å². The van der Waals surface area contributed by atoms with Gasteiger partial charge in [-0.25, -0.2) is 0 Å². The normalized spacial score (nSPS) is 9.82. The number of aryl methyl sites for hydroxylation is 1. The number of benzene rings is 2. The molecule has 0 radical (unpaired) electrons. The van der Waals surface area contributed by atoms with Crippen molar-refractivity contribution in [1.82, 2.24) is 0 Å². The van der Waals surface area contributed by atoms with Crippen LogP contribution in [0.5, 0.6) is 0 Å². The van der Waals surface area contributed by atoms with E-state index in [1.807, 2.05) is 0 Å². The summed E-state index contributed by atoms with van der Waals surface area (Å²) in [6, 6.07) is 20.1. The van der Waals surface area contributed by atoms with Crippen molar-refractivity contribution in [2.75, 3.05) is 0 Å². The number of fused-ring (bicyclic) bond motifs is 1. The van der Waals surface area contributed by atoms with E-state index in [1.165, 1.54) is 33.0 Å². The molecule has 0 aromatic heterocycles. The molecule has 3 aromatic carbocycles. The molecule has 0 aliphatic rings. The van der Waals surface area contributed by atoms with Gasteiger partial charge in [0.1, 0.15) is 0 Å². The minimum atomic E-state index is 0. The molecule has 0 spiro atoms. The molecule has 0 fully saturated rings. The van der Waals surface area contributed by atoms with Crippen molar-refractivity contribution in [2.45, 2.75) is 26.7 Å². The zero-order valence-electron chi connectivity index (χ0n) is 13.1. The Kier molecular flexibility index (Phi) is 8.77. The average Bonchev–Trinajstić information content (AvgIpc) is 2.78. The van der Waals surface area contributed by atoms with Gasteiger partial charge in [0.05, 0.1) is 0 Å². The molecule has 0 saturated heterocycles. The molecular formula is C19H21Cl2Zr-. The third-order valence-electron chi connectivity index (χ3n) is 3.78. The van der Waals surface area contributed by atoms with Crippen LogP contribution >= 0.6 is 24.8 Å². The molecule has 0 heterocycles. The number of hydrogen-bond acceptors (Lipinski definition) is 0. The molecule has 0 aliphatic carbocycles. The van der Waals surface area contributed by atoms with E-state index in [2.05, 4.69) is 75.4 Å². The van der Waals surface area contributed by atoms with Gasteiger partial charge >= 0.3 is 0 Å². The van der Waals surface area contributed by atoms with Crippen LogP contribution in [-0.4, -0.2) is 0 Å². The summed E-state index contributed by atoms with van der Waals surface area (Å²) >= 11 is 0. The smallest absolute Gasteiger partial charge is 0 e. The van der Waals surface area contributed by atoms with Crippen LogP contribution in [0.2, 0.25) is 0 Å². The average molecular weight is 412 g/mol. The fourth-order valence-electron chi connectivity index (χ4n) is 2.68. The zero-order chi connectivity index (χ0) is 13.4. The third kappa shape index (κ3) is 4.28. The summed E-state index contributed by atoms with van der Waals surface area (Å²) in [5, 5.41) is 2.69. The summed E-state index contributed by atoms with van der Waals surface area (Å²) in [4.78, 5) is 0. The Balaban J connectivity index is 0.00000147. The maximum Gasteiger partial charge on any atom is 0 e. The molecule has 116 valence electrons. The molecule has 0 nitrogen and oxygen atoms in total. The van der Waals surface area contributed by atoms with Crippen molar-refractivity contribution >= 4 is 35.6 Å². The van der Waals surface area contributed by atoms with Crippen molar-refractivity contribution in [2.24, 2.45) is 0 Å². The van der Waals surface area contributed by atoms with Gasteiger partial charge in [-0.15, -0.1) is 59.3 Å². The third-order valence-corrected chi connectivity index (χ3v) is 3.78. The van der Waals surface area contributed by atoms with Crippen LogP contribution in [0.25, 0.3) is 21.9 Å². The fourth-order valence-corrected chi connectivity index (χ4v) is 2.68. The van der Waals surface area contributed by atoms with Crippen LogP contribution in [0.4, 0.5) is 0 Å². The predicted molar refractivity (Wildman–Crippen MR) is 98.3 cm³/mol. The predicted octanol–water partition coefficient (Wildman–Crippen LogP) is 6.50. The number of hydrogen-bond donors (Lipinski definition) is 0. The van der Waals surface area contributed by atoms with Crippen LogP contribution in [0.1, 0.15) is 30.9 Å². The first kappa shape index (κ1) is 21.5. The van der Waals surface area contributed by atoms with Gasteiger partial charge in [0.2, 0.25) is 0 Å². The van der Waals surface area contributed by atoms with Gasteiger partial charge in [-0.3, -0.25) is 0 Å². The van der Waals surface area contributed by atoms with Crippen molar-refractivity contribution in [3.63, 3.8) is 0 Å². The molecule has 0 aliphatic heterocycles. The van der Waals surface area contributed by atoms with Crippen LogP contribution in [0.15, 0.2) is 54.6 Å². The second kappa shape index (κ2) is 8.97. The van der Waals surface area contributed by atoms with Gasteiger partial charge in [-0.05, 0) is 17.0 Å². The Bertz CT molecular complexity index is 712. The Morgan fingerprint density at radius 2 is 1.55 bits per heavy atom. The monoisotopic (exact) mass is 409 g/mol. The molecule has 3 aromatic rings. The molecule has 3 heteroatoms. The maximum absolute atomic E-state index is 2.28. The standard InChI is InChI=1S/C19H19.2ClH.Zr/c1-13(2)15-7-9-16(10-8-15)18-6-4-5-17-11-14(3)12-19(17)18;;;/h4-13H,1-3H3;2*1H;/q-1;;;. The van der Waals surface area contributed by atoms with E-state index in [0.717, 1.165) is 0 Å². The largest absolute Gasteiger partial charge is 0.165 e. The van der Waals surface area contributed by atoms with Gasteiger partial charge in [0.15, 0.2) is 0 Å². The topological polar surface area (TPSA) is 0 Å². The molecule has 0 N–H and O–H groups in total. The van der Waals surface area contributed by atoms with E-state index in [1.54, 1.807) is 0 Å². The maximum atomic E-state index is 2.28. The van der Waals surface area contributed by atoms with Gasteiger partial charge in [0.25, 0.3) is 0 Å². The summed E-state index contributed by atoms with van der Waals surface area (Å²) in [5.41, 5.74) is 5.37. The van der Waals surface area contributed by atoms with Crippen molar-refractivity contribution < 1.29 is 26.2 Å². The van der Waals surface area contributed by atoms with Crippen LogP contribution in [0.3, 0.4) is 0 Å². The summed E-state index contributed by atoms with van der Waals surface area (Å²) < 4.78 is 0. The van der Waals surface area contributed by atoms with Crippen LogP contribution in [0, 0.1) is 6.92 Å². The minimum absolute atomic E-state index is 0. The Hall–Kier alpha value is -0.487. The molecule has 0 saturated carbocycles. The summed E-state index contributed by atoms with van der Waals surface area (Å²) in [7, 11) is 0. The quantitative estimate of drug-likeness (QED) is 0.422. The molecule has 0 amide bonds. The molecule has 3 rings (SSSR count). The second-order valence-electron chi connectivity index (χ2n) is 5.62. The summed E-state index contributed by atoms with van der Waals surface area (Å²) in [6.45, 7) is 6.62. The van der Waals surface area contributed by atoms with Crippen molar-refractivity contribution in [3.8, 4) is 11.1 Å². The molecule has 0 unspecified atom stereocenters. The minimum Gasteiger partial charge on any atom is -0.165 e.